The molecule has 8 nitrogen and oxygen atoms in total. The van der Waals surface area contributed by atoms with E-state index in [1.54, 1.807) is 23.5 Å². The van der Waals surface area contributed by atoms with Crippen molar-refractivity contribution < 1.29 is 19.1 Å². The molecule has 4 heterocycles. The molecule has 0 saturated carbocycles. The number of thiazole rings is 1. The number of halogens is 1. The minimum Gasteiger partial charge on any atom is -0.389 e. The fourth-order valence-electron chi connectivity index (χ4n) is 6.12. The first-order valence-electron chi connectivity index (χ1n) is 14.8. The molecular formula is C33H36FN5O3S. The van der Waals surface area contributed by atoms with Gasteiger partial charge in [-0.1, -0.05) is 30.3 Å². The molecule has 5 atom stereocenters. The number of amides is 2. The number of carbonyl (C=O) groups is 2. The molecule has 4 aromatic rings. The van der Waals surface area contributed by atoms with Gasteiger partial charge in [-0.2, -0.15) is 0 Å². The van der Waals surface area contributed by atoms with E-state index in [0.717, 1.165) is 29.1 Å². The second-order valence-corrected chi connectivity index (χ2v) is 12.3. The number of nitrogens with one attached hydrogen (secondary N) is 2. The van der Waals surface area contributed by atoms with E-state index in [2.05, 4.69) is 15.6 Å². The van der Waals surface area contributed by atoms with E-state index in [-0.39, 0.29) is 24.9 Å². The van der Waals surface area contributed by atoms with Crippen molar-refractivity contribution in [1.29, 1.82) is 0 Å². The fourth-order valence-corrected chi connectivity index (χ4v) is 7.06. The van der Waals surface area contributed by atoms with E-state index in [9.17, 15) is 19.1 Å². The van der Waals surface area contributed by atoms with Crippen molar-refractivity contribution >= 4 is 23.2 Å². The van der Waals surface area contributed by atoms with Crippen molar-refractivity contribution in [2.24, 2.45) is 0 Å². The van der Waals surface area contributed by atoms with Crippen LogP contribution in [0.5, 0.6) is 0 Å². The van der Waals surface area contributed by atoms with Crippen molar-refractivity contribution in [1.82, 2.24) is 25.1 Å². The number of hydrogen-bond donors (Lipinski definition) is 3. The van der Waals surface area contributed by atoms with Gasteiger partial charge in [0.15, 0.2) is 0 Å². The van der Waals surface area contributed by atoms with Gasteiger partial charge in [-0.15, -0.1) is 11.3 Å². The maximum absolute atomic E-state index is 14.0. The topological polar surface area (TPSA) is 99.5 Å². The van der Waals surface area contributed by atoms with Crippen LogP contribution in [0.25, 0.3) is 5.69 Å². The van der Waals surface area contributed by atoms with E-state index in [1.165, 1.54) is 0 Å². The van der Waals surface area contributed by atoms with Gasteiger partial charge < -0.3 is 25.2 Å². The van der Waals surface area contributed by atoms with E-state index >= 15 is 0 Å². The number of hydrogen-bond acceptors (Lipinski definition) is 6. The zero-order chi connectivity index (χ0) is 29.9. The van der Waals surface area contributed by atoms with Crippen LogP contribution in [0.15, 0.2) is 78.4 Å². The number of aliphatic hydroxyl groups excluding tert-OH is 1. The summed E-state index contributed by atoms with van der Waals surface area (Å²) < 4.78 is 15.9. The highest BCUT2D eigenvalue weighted by atomic mass is 32.1. The van der Waals surface area contributed by atoms with Crippen molar-refractivity contribution in [3.05, 3.63) is 106 Å². The minimum atomic E-state index is -1.04. The van der Waals surface area contributed by atoms with Crippen molar-refractivity contribution in [3.63, 3.8) is 0 Å². The summed E-state index contributed by atoms with van der Waals surface area (Å²) in [7, 11) is 0. The maximum Gasteiger partial charge on any atom is 0.254 e. The van der Waals surface area contributed by atoms with Crippen LogP contribution in [0.1, 0.15) is 62.3 Å². The van der Waals surface area contributed by atoms with E-state index in [1.807, 2.05) is 82.7 Å². The molecule has 2 amide bonds. The lowest BCUT2D eigenvalue weighted by Gasteiger charge is -2.29. The summed E-state index contributed by atoms with van der Waals surface area (Å²) in [6, 6.07) is 17.3. The SMILES string of the molecule is Cc1csc([C@H]2CCCN2C(=O)c2cc(C(=O)NC(Cc3ccccc3)[C@H](O)[C@H]3C[C@H](F)CN3)cc(-n3cccc3)c2)n1. The minimum absolute atomic E-state index is 0.0950. The average molecular weight is 602 g/mol. The molecule has 0 radical (unpaired) electrons. The number of likely N-dealkylation sites (tertiary alicyclic amines) is 1. The van der Waals surface area contributed by atoms with Gasteiger partial charge in [-0.05, 0) is 68.5 Å². The van der Waals surface area contributed by atoms with E-state index < -0.39 is 30.3 Å². The molecule has 2 aliphatic rings. The lowest BCUT2D eigenvalue weighted by molar-refractivity contribution is 0.0728. The molecule has 2 aromatic heterocycles. The summed E-state index contributed by atoms with van der Waals surface area (Å²) in [5.74, 6) is -0.560. The Hall–Kier alpha value is -3.86. The van der Waals surface area contributed by atoms with E-state index in [4.69, 9.17) is 0 Å². The molecule has 0 spiro atoms. The first-order valence-corrected chi connectivity index (χ1v) is 15.7. The van der Waals surface area contributed by atoms with Gasteiger partial charge >= 0.3 is 0 Å². The Kier molecular flexibility index (Phi) is 8.69. The van der Waals surface area contributed by atoms with Crippen LogP contribution in [0.3, 0.4) is 0 Å². The first kappa shape index (κ1) is 29.2. The van der Waals surface area contributed by atoms with Gasteiger partial charge in [0.2, 0.25) is 0 Å². The Morgan fingerprint density at radius 3 is 2.60 bits per heavy atom. The predicted octanol–water partition coefficient (Wildman–Crippen LogP) is 4.62. The molecule has 2 aromatic carbocycles. The zero-order valence-corrected chi connectivity index (χ0v) is 24.8. The third-order valence-electron chi connectivity index (χ3n) is 8.32. The molecular weight excluding hydrogens is 565 g/mol. The van der Waals surface area contributed by atoms with Gasteiger partial charge in [-0.3, -0.25) is 9.59 Å². The van der Waals surface area contributed by atoms with Gasteiger partial charge in [0.25, 0.3) is 11.8 Å². The number of nitrogens with zero attached hydrogens (tertiary/aromatic N) is 3. The van der Waals surface area contributed by atoms with Gasteiger partial charge in [0.05, 0.1) is 18.2 Å². The summed E-state index contributed by atoms with van der Waals surface area (Å²) in [5, 5.41) is 20.3. The van der Waals surface area contributed by atoms with Gasteiger partial charge in [0, 0.05) is 59.4 Å². The molecule has 224 valence electrons. The first-order chi connectivity index (χ1) is 20.9. The van der Waals surface area contributed by atoms with Crippen molar-refractivity contribution in [3.8, 4) is 5.69 Å². The molecule has 43 heavy (non-hydrogen) atoms. The smallest absolute Gasteiger partial charge is 0.254 e. The van der Waals surface area contributed by atoms with Crippen LogP contribution < -0.4 is 10.6 Å². The third-order valence-corrected chi connectivity index (χ3v) is 9.38. The van der Waals surface area contributed by atoms with Crippen LogP contribution in [0.4, 0.5) is 4.39 Å². The molecule has 2 aliphatic heterocycles. The largest absolute Gasteiger partial charge is 0.389 e. The van der Waals surface area contributed by atoms with Gasteiger partial charge in [-0.25, -0.2) is 9.37 Å². The van der Waals surface area contributed by atoms with Crippen LogP contribution in [0.2, 0.25) is 0 Å². The molecule has 10 heteroatoms. The summed E-state index contributed by atoms with van der Waals surface area (Å²) in [4.78, 5) is 34.4. The second kappa shape index (κ2) is 12.8. The Morgan fingerprint density at radius 1 is 1.14 bits per heavy atom. The summed E-state index contributed by atoms with van der Waals surface area (Å²) in [6.45, 7) is 2.75. The molecule has 0 aliphatic carbocycles. The van der Waals surface area contributed by atoms with Crippen LogP contribution >= 0.6 is 11.3 Å². The number of rotatable bonds is 9. The molecule has 0 bridgehead atoms. The lowest BCUT2D eigenvalue weighted by atomic mass is 9.94. The monoisotopic (exact) mass is 601 g/mol. The molecule has 6 rings (SSSR count). The average Bonchev–Trinajstić information content (AvgIpc) is 3.84. The number of aryl methyl sites for hydroxylation is 1. The Morgan fingerprint density at radius 2 is 1.91 bits per heavy atom. The Balaban J connectivity index is 1.30. The molecule has 3 N–H and O–H groups in total. The van der Waals surface area contributed by atoms with Crippen LogP contribution in [-0.4, -0.2) is 68.8 Å². The number of benzene rings is 2. The molecule has 2 saturated heterocycles. The van der Waals surface area contributed by atoms with Gasteiger partial charge in [0.1, 0.15) is 11.2 Å². The number of carbonyl (C=O) groups excluding carboxylic acids is 2. The highest BCUT2D eigenvalue weighted by Gasteiger charge is 2.36. The maximum atomic E-state index is 14.0. The third kappa shape index (κ3) is 6.56. The van der Waals surface area contributed by atoms with Crippen molar-refractivity contribution in [2.75, 3.05) is 13.1 Å². The normalized spacial score (nSPS) is 21.6. The summed E-state index contributed by atoms with van der Waals surface area (Å²) in [5.41, 5.74) is 3.28. The number of alkyl halides is 1. The number of aromatic nitrogens is 2. The Labute approximate surface area is 254 Å². The van der Waals surface area contributed by atoms with Crippen molar-refractivity contribution in [2.45, 2.75) is 63.0 Å². The highest BCUT2D eigenvalue weighted by Crippen LogP contribution is 2.35. The highest BCUT2D eigenvalue weighted by molar-refractivity contribution is 7.09. The lowest BCUT2D eigenvalue weighted by Crippen LogP contribution is -2.52. The standard InChI is InChI=1S/C33H36FN5O3S/c1-21-20-43-32(36-21)29-10-7-13-39(29)33(42)24-15-23(16-26(17-24)38-11-5-6-12-38)31(41)37-28(14-22-8-3-2-4-9-22)30(40)27-18-25(34)19-35-27/h2-6,8-9,11-12,15-17,20,25,27-30,35,40H,7,10,13-14,18-19H2,1H3,(H,37,41)/t25-,27+,28?,29+,30+/m0/s1. The quantitative estimate of drug-likeness (QED) is 0.260. The van der Waals surface area contributed by atoms with Crippen LogP contribution in [0, 0.1) is 6.92 Å². The number of aliphatic hydroxyl groups is 1. The second-order valence-electron chi connectivity index (χ2n) is 11.5. The zero-order valence-electron chi connectivity index (χ0n) is 24.0. The Bertz CT molecular complexity index is 1560. The predicted molar refractivity (Wildman–Crippen MR) is 164 cm³/mol. The molecule has 1 unspecified atom stereocenters. The molecule has 2 fully saturated rings. The van der Waals surface area contributed by atoms with Crippen LogP contribution in [-0.2, 0) is 6.42 Å². The fraction of sp³-hybridized carbons (Fsp3) is 0.364. The summed E-state index contributed by atoms with van der Waals surface area (Å²) in [6.07, 6.45) is 3.96. The summed E-state index contributed by atoms with van der Waals surface area (Å²) >= 11 is 1.57. The van der Waals surface area contributed by atoms with E-state index in [0.29, 0.717) is 29.8 Å².